The Morgan fingerprint density at radius 1 is 0.889 bits per heavy atom. The molecule has 0 heteroatoms. The van der Waals surface area contributed by atoms with Crippen LogP contribution in [-0.2, 0) is 0 Å². The summed E-state index contributed by atoms with van der Waals surface area (Å²) in [5, 5.41) is 0. The largest absolute Gasteiger partial charge is 0.0990 e. The van der Waals surface area contributed by atoms with Gasteiger partial charge in [-0.2, -0.15) is 0 Å². The first-order valence-electron chi connectivity index (χ1n) is 15.8. The molecule has 3 aliphatic carbocycles. The van der Waals surface area contributed by atoms with Gasteiger partial charge in [-0.05, 0) is 80.5 Å². The van der Waals surface area contributed by atoms with Crippen LogP contribution in [0.4, 0.5) is 0 Å². The lowest BCUT2D eigenvalue weighted by atomic mass is 9.74. The minimum Gasteiger partial charge on any atom is -0.0990 e. The highest BCUT2D eigenvalue weighted by Crippen LogP contribution is 2.46. The standard InChI is InChI=1S/C26H44.C8H12.C2H6/c1-5-7-8-9-10-11-12-16-23-18-19-24(20-23)26(14-6-2)22(4)25-17-13-15-21(25)3;1-7-5-3-4-6-8(7)2;1-2/h8-9,13,17,21,23-26H,4-7,10-12,14-16,18-20H2,1-3H3;3-8H,1-2H3;1-2H3/b9-8-;;/t21?,23-,24?,25?,26?;;/m0../s1. The Labute approximate surface area is 227 Å². The van der Waals surface area contributed by atoms with Crippen LogP contribution >= 0.6 is 0 Å². The molecule has 206 valence electrons. The average molecular weight is 495 g/mol. The molecule has 0 aliphatic heterocycles. The van der Waals surface area contributed by atoms with Gasteiger partial charge in [0.05, 0.1) is 0 Å². The summed E-state index contributed by atoms with van der Waals surface area (Å²) in [6.45, 7) is 20.1. The smallest absolute Gasteiger partial charge is 0.000552 e. The van der Waals surface area contributed by atoms with Crippen LogP contribution in [0.2, 0.25) is 0 Å². The molecule has 36 heavy (non-hydrogen) atoms. The zero-order valence-corrected chi connectivity index (χ0v) is 25.4. The molecule has 1 fully saturated rings. The van der Waals surface area contributed by atoms with Gasteiger partial charge in [-0.25, -0.2) is 0 Å². The minimum atomic E-state index is 0.653. The van der Waals surface area contributed by atoms with E-state index in [0.717, 1.165) is 35.5 Å². The molecule has 0 N–H and O–H groups in total. The maximum absolute atomic E-state index is 4.63. The third-order valence-corrected chi connectivity index (χ3v) is 8.74. The van der Waals surface area contributed by atoms with E-state index in [9.17, 15) is 0 Å². The third kappa shape index (κ3) is 11.8. The Hall–Kier alpha value is -1.30. The van der Waals surface area contributed by atoms with Crippen LogP contribution in [0.25, 0.3) is 0 Å². The molecule has 0 amide bonds. The van der Waals surface area contributed by atoms with Crippen molar-refractivity contribution < 1.29 is 0 Å². The predicted molar refractivity (Wildman–Crippen MR) is 165 cm³/mol. The number of allylic oxidation sites excluding steroid dienone is 9. The number of hydrogen-bond acceptors (Lipinski definition) is 0. The van der Waals surface area contributed by atoms with Gasteiger partial charge in [0.2, 0.25) is 0 Å². The summed E-state index contributed by atoms with van der Waals surface area (Å²) in [5.41, 5.74) is 1.57. The van der Waals surface area contributed by atoms with E-state index in [4.69, 9.17) is 0 Å². The first kappa shape index (κ1) is 32.7. The zero-order valence-electron chi connectivity index (χ0n) is 25.4. The first-order valence-corrected chi connectivity index (χ1v) is 15.8. The molecule has 0 spiro atoms. The molecule has 0 nitrogen and oxygen atoms in total. The number of hydrogen-bond donors (Lipinski definition) is 0. The third-order valence-electron chi connectivity index (χ3n) is 8.74. The van der Waals surface area contributed by atoms with Gasteiger partial charge >= 0.3 is 0 Å². The van der Waals surface area contributed by atoms with E-state index in [2.05, 4.69) is 89.8 Å². The number of rotatable bonds is 12. The Balaban J connectivity index is 0.000000543. The van der Waals surface area contributed by atoms with Crippen molar-refractivity contribution in [1.82, 2.24) is 0 Å². The summed E-state index contributed by atoms with van der Waals surface area (Å²) in [7, 11) is 0. The highest BCUT2D eigenvalue weighted by atomic mass is 14.4. The van der Waals surface area contributed by atoms with Crippen molar-refractivity contribution >= 4 is 0 Å². The lowest BCUT2D eigenvalue weighted by molar-refractivity contribution is 0.316. The van der Waals surface area contributed by atoms with Crippen LogP contribution in [0.5, 0.6) is 0 Å². The lowest BCUT2D eigenvalue weighted by Crippen LogP contribution is -2.21. The molecular weight excluding hydrogens is 432 g/mol. The van der Waals surface area contributed by atoms with Gasteiger partial charge in [0.15, 0.2) is 0 Å². The highest BCUT2D eigenvalue weighted by molar-refractivity contribution is 5.19. The van der Waals surface area contributed by atoms with Gasteiger partial charge in [0.25, 0.3) is 0 Å². The SMILES string of the molecule is C=C(C1C=CCC1C)C(CCC)C1CC[C@H](CCCC/C=C\CCC)C1.CC.CC1C=CC=CC1C. The molecule has 0 aromatic rings. The average Bonchev–Trinajstić information content (AvgIpc) is 3.54. The van der Waals surface area contributed by atoms with Crippen molar-refractivity contribution in [2.45, 2.75) is 126 Å². The highest BCUT2D eigenvalue weighted by Gasteiger charge is 2.34. The first-order chi connectivity index (χ1) is 17.5. The van der Waals surface area contributed by atoms with E-state index in [1.807, 2.05) is 13.8 Å². The van der Waals surface area contributed by atoms with Crippen LogP contribution in [0, 0.1) is 41.4 Å². The molecule has 0 aromatic heterocycles. The van der Waals surface area contributed by atoms with Gasteiger partial charge in [-0.3, -0.25) is 0 Å². The molecule has 0 saturated heterocycles. The van der Waals surface area contributed by atoms with Gasteiger partial charge in [-0.15, -0.1) is 0 Å². The van der Waals surface area contributed by atoms with Crippen molar-refractivity contribution in [2.75, 3.05) is 0 Å². The van der Waals surface area contributed by atoms with E-state index in [1.54, 1.807) is 5.57 Å². The Bertz CT molecular complexity index is 658. The van der Waals surface area contributed by atoms with E-state index in [0.29, 0.717) is 5.92 Å². The molecule has 1 saturated carbocycles. The summed E-state index contributed by atoms with van der Waals surface area (Å²) in [6.07, 6.45) is 34.7. The van der Waals surface area contributed by atoms with Gasteiger partial charge < -0.3 is 0 Å². The van der Waals surface area contributed by atoms with Crippen LogP contribution in [0.1, 0.15) is 126 Å². The summed E-state index contributed by atoms with van der Waals surface area (Å²) < 4.78 is 0. The predicted octanol–water partition coefficient (Wildman–Crippen LogP) is 11.9. The van der Waals surface area contributed by atoms with E-state index >= 15 is 0 Å². The molecule has 0 radical (unpaired) electrons. The molecule has 6 unspecified atom stereocenters. The molecule has 3 rings (SSSR count). The minimum absolute atomic E-state index is 0.653. The van der Waals surface area contributed by atoms with Crippen molar-refractivity contribution in [3.05, 3.63) is 60.8 Å². The fourth-order valence-corrected chi connectivity index (χ4v) is 6.22. The summed E-state index contributed by atoms with van der Waals surface area (Å²) in [6, 6.07) is 0. The molecule has 3 aliphatic rings. The zero-order chi connectivity index (χ0) is 26.8. The topological polar surface area (TPSA) is 0 Å². The Morgan fingerprint density at radius 3 is 2.11 bits per heavy atom. The molecule has 0 aromatic carbocycles. The van der Waals surface area contributed by atoms with Crippen molar-refractivity contribution in [3.63, 3.8) is 0 Å². The summed E-state index contributed by atoms with van der Waals surface area (Å²) >= 11 is 0. The van der Waals surface area contributed by atoms with Crippen LogP contribution in [0.15, 0.2) is 60.8 Å². The summed E-state index contributed by atoms with van der Waals surface area (Å²) in [4.78, 5) is 0. The van der Waals surface area contributed by atoms with Crippen molar-refractivity contribution in [3.8, 4) is 0 Å². The Morgan fingerprint density at radius 2 is 1.56 bits per heavy atom. The van der Waals surface area contributed by atoms with E-state index < -0.39 is 0 Å². The second-order valence-corrected chi connectivity index (χ2v) is 11.6. The van der Waals surface area contributed by atoms with Gasteiger partial charge in [0, 0.05) is 5.92 Å². The van der Waals surface area contributed by atoms with Crippen molar-refractivity contribution in [2.24, 2.45) is 41.4 Å². The monoisotopic (exact) mass is 494 g/mol. The second-order valence-electron chi connectivity index (χ2n) is 11.6. The van der Waals surface area contributed by atoms with Crippen LogP contribution in [0.3, 0.4) is 0 Å². The maximum Gasteiger partial charge on any atom is 0.000552 e. The number of unbranched alkanes of at least 4 members (excludes halogenated alkanes) is 3. The lowest BCUT2D eigenvalue weighted by Gasteiger charge is -2.30. The molecule has 7 atom stereocenters. The van der Waals surface area contributed by atoms with Crippen molar-refractivity contribution in [1.29, 1.82) is 0 Å². The molecular formula is C36H62. The maximum atomic E-state index is 4.63. The fourth-order valence-electron chi connectivity index (χ4n) is 6.22. The van der Waals surface area contributed by atoms with Gasteiger partial charge in [-0.1, -0.05) is 141 Å². The fraction of sp³-hybridized carbons (Fsp3) is 0.722. The molecule has 0 bridgehead atoms. The van der Waals surface area contributed by atoms with Gasteiger partial charge in [0.1, 0.15) is 0 Å². The molecule has 0 heterocycles. The van der Waals surface area contributed by atoms with E-state index in [-0.39, 0.29) is 0 Å². The van der Waals surface area contributed by atoms with E-state index in [1.165, 1.54) is 77.0 Å². The van der Waals surface area contributed by atoms with Crippen LogP contribution < -0.4 is 0 Å². The summed E-state index contributed by atoms with van der Waals surface area (Å²) in [5.74, 6) is 5.58. The van der Waals surface area contributed by atoms with Crippen LogP contribution in [-0.4, -0.2) is 0 Å². The normalized spacial score (nSPS) is 29.5. The second kappa shape index (κ2) is 19.8. The quantitative estimate of drug-likeness (QED) is 0.187. The Kier molecular flexibility index (Phi) is 18.0.